The molecular formula is C13H15ClFNO. The van der Waals surface area contributed by atoms with Gasteiger partial charge >= 0.3 is 0 Å². The van der Waals surface area contributed by atoms with Gasteiger partial charge < -0.3 is 10.1 Å². The molecule has 1 heterocycles. The number of piperidine rings is 1. The summed E-state index contributed by atoms with van der Waals surface area (Å²) in [6, 6.07) is 4.60. The van der Waals surface area contributed by atoms with Crippen molar-refractivity contribution in [2.24, 2.45) is 11.8 Å². The second-order valence-corrected chi connectivity index (χ2v) is 5.35. The third-order valence-corrected chi connectivity index (χ3v) is 4.04. The first kappa shape index (κ1) is 11.3. The van der Waals surface area contributed by atoms with Crippen molar-refractivity contribution in [1.29, 1.82) is 0 Å². The zero-order chi connectivity index (χ0) is 11.8. The Morgan fingerprint density at radius 1 is 1.24 bits per heavy atom. The third-order valence-electron chi connectivity index (χ3n) is 3.81. The SMILES string of the molecule is Fc1cc(Cl)ccc1OC1C2CCC1CNC2. The summed E-state index contributed by atoms with van der Waals surface area (Å²) in [6.07, 6.45) is 2.52. The molecule has 92 valence electrons. The maximum Gasteiger partial charge on any atom is 0.166 e. The van der Waals surface area contributed by atoms with Crippen molar-refractivity contribution in [3.63, 3.8) is 0 Å². The van der Waals surface area contributed by atoms with Crippen molar-refractivity contribution < 1.29 is 9.13 Å². The molecule has 2 aliphatic rings. The van der Waals surface area contributed by atoms with Gasteiger partial charge in [-0.1, -0.05) is 11.6 Å². The Kier molecular flexibility index (Phi) is 2.97. The van der Waals surface area contributed by atoms with Crippen molar-refractivity contribution in [3.8, 4) is 5.75 Å². The lowest BCUT2D eigenvalue weighted by Crippen LogP contribution is -2.44. The molecule has 4 heteroatoms. The van der Waals surface area contributed by atoms with Crippen LogP contribution in [0.15, 0.2) is 18.2 Å². The largest absolute Gasteiger partial charge is 0.487 e. The van der Waals surface area contributed by atoms with Gasteiger partial charge in [0.2, 0.25) is 0 Å². The van der Waals surface area contributed by atoms with Crippen LogP contribution in [0, 0.1) is 17.7 Å². The van der Waals surface area contributed by atoms with E-state index in [1.165, 1.54) is 18.9 Å². The summed E-state index contributed by atoms with van der Waals surface area (Å²) in [4.78, 5) is 0. The predicted molar refractivity (Wildman–Crippen MR) is 64.9 cm³/mol. The van der Waals surface area contributed by atoms with Crippen molar-refractivity contribution in [2.75, 3.05) is 13.1 Å². The summed E-state index contributed by atoms with van der Waals surface area (Å²) < 4.78 is 19.5. The third kappa shape index (κ3) is 2.14. The maximum atomic E-state index is 13.7. The molecule has 1 aromatic carbocycles. The first-order valence-corrected chi connectivity index (χ1v) is 6.44. The van der Waals surface area contributed by atoms with E-state index in [0.29, 0.717) is 22.6 Å². The second-order valence-electron chi connectivity index (χ2n) is 4.91. The van der Waals surface area contributed by atoms with Gasteiger partial charge in [0.25, 0.3) is 0 Å². The molecule has 1 aromatic rings. The molecule has 0 amide bonds. The van der Waals surface area contributed by atoms with Gasteiger partial charge in [-0.25, -0.2) is 4.39 Å². The first-order chi connectivity index (χ1) is 8.24. The molecule has 2 bridgehead atoms. The lowest BCUT2D eigenvalue weighted by atomic mass is 9.96. The van der Waals surface area contributed by atoms with Crippen LogP contribution < -0.4 is 10.1 Å². The average molecular weight is 256 g/mol. The van der Waals surface area contributed by atoms with Crippen LogP contribution >= 0.6 is 11.6 Å². The van der Waals surface area contributed by atoms with Gasteiger partial charge in [-0.3, -0.25) is 0 Å². The molecule has 2 nitrogen and oxygen atoms in total. The fraction of sp³-hybridized carbons (Fsp3) is 0.538. The molecule has 2 atom stereocenters. The number of halogens is 2. The molecule has 17 heavy (non-hydrogen) atoms. The predicted octanol–water partition coefficient (Wildman–Crippen LogP) is 2.86. The van der Waals surface area contributed by atoms with Gasteiger partial charge in [0.1, 0.15) is 6.10 Å². The minimum atomic E-state index is -0.365. The Labute approximate surface area is 105 Å². The highest BCUT2D eigenvalue weighted by Gasteiger charge is 2.40. The molecular weight excluding hydrogens is 241 g/mol. The van der Waals surface area contributed by atoms with Crippen molar-refractivity contribution in [1.82, 2.24) is 5.32 Å². The van der Waals surface area contributed by atoms with E-state index in [4.69, 9.17) is 16.3 Å². The van der Waals surface area contributed by atoms with Gasteiger partial charge in [-0.05, 0) is 31.0 Å². The molecule has 2 unspecified atom stereocenters. The van der Waals surface area contributed by atoms with E-state index in [0.717, 1.165) is 13.1 Å². The molecule has 3 rings (SSSR count). The summed E-state index contributed by atoms with van der Waals surface area (Å²) in [5.41, 5.74) is 0. The van der Waals surface area contributed by atoms with E-state index in [2.05, 4.69) is 5.32 Å². The van der Waals surface area contributed by atoms with Crippen LogP contribution in [0.2, 0.25) is 5.02 Å². The molecule has 1 N–H and O–H groups in total. The Balaban J connectivity index is 1.78. The van der Waals surface area contributed by atoms with Gasteiger partial charge in [0, 0.05) is 29.9 Å². The van der Waals surface area contributed by atoms with Gasteiger partial charge in [0.15, 0.2) is 11.6 Å². The minimum absolute atomic E-state index is 0.159. The Hall–Kier alpha value is -0.800. The quantitative estimate of drug-likeness (QED) is 0.878. The standard InChI is InChI=1S/C13H15ClFNO/c14-10-3-4-12(11(15)5-10)17-13-8-1-2-9(13)7-16-6-8/h3-5,8-9,13,16H,1-2,6-7H2. The smallest absolute Gasteiger partial charge is 0.166 e. The molecule has 2 fully saturated rings. The summed E-state index contributed by atoms with van der Waals surface area (Å²) in [5.74, 6) is 1.00. The lowest BCUT2D eigenvalue weighted by Gasteiger charge is -2.31. The number of fused-ring (bicyclic) bond motifs is 2. The van der Waals surface area contributed by atoms with Crippen molar-refractivity contribution >= 4 is 11.6 Å². The molecule has 1 saturated carbocycles. The van der Waals surface area contributed by atoms with E-state index in [9.17, 15) is 4.39 Å². The molecule has 0 aromatic heterocycles. The Morgan fingerprint density at radius 2 is 1.94 bits per heavy atom. The highest BCUT2D eigenvalue weighted by molar-refractivity contribution is 6.30. The van der Waals surface area contributed by atoms with Gasteiger partial charge in [0.05, 0.1) is 0 Å². The molecule has 1 saturated heterocycles. The fourth-order valence-corrected chi connectivity index (χ4v) is 3.10. The number of benzene rings is 1. The van der Waals surface area contributed by atoms with Crippen LogP contribution in [0.4, 0.5) is 4.39 Å². The number of ether oxygens (including phenoxy) is 1. The summed E-state index contributed by atoms with van der Waals surface area (Å²) >= 11 is 5.72. The molecule has 1 aliphatic heterocycles. The zero-order valence-corrected chi connectivity index (χ0v) is 10.2. The topological polar surface area (TPSA) is 21.3 Å². The first-order valence-electron chi connectivity index (χ1n) is 6.06. The molecule has 0 spiro atoms. The number of hydrogen-bond donors (Lipinski definition) is 1. The number of nitrogens with one attached hydrogen (secondary N) is 1. The fourth-order valence-electron chi connectivity index (χ4n) is 2.94. The summed E-state index contributed by atoms with van der Waals surface area (Å²) in [5, 5.41) is 3.80. The van der Waals surface area contributed by atoms with E-state index >= 15 is 0 Å². The summed E-state index contributed by atoms with van der Waals surface area (Å²) in [7, 11) is 0. The van der Waals surface area contributed by atoms with E-state index in [-0.39, 0.29) is 11.9 Å². The summed E-state index contributed by atoms with van der Waals surface area (Å²) in [6.45, 7) is 1.97. The van der Waals surface area contributed by atoms with Crippen molar-refractivity contribution in [2.45, 2.75) is 18.9 Å². The molecule has 1 aliphatic carbocycles. The van der Waals surface area contributed by atoms with Crippen molar-refractivity contribution in [3.05, 3.63) is 29.0 Å². The second kappa shape index (κ2) is 4.46. The average Bonchev–Trinajstić information content (AvgIpc) is 2.54. The van der Waals surface area contributed by atoms with Crippen LogP contribution in [-0.4, -0.2) is 19.2 Å². The highest BCUT2D eigenvalue weighted by atomic mass is 35.5. The van der Waals surface area contributed by atoms with Gasteiger partial charge in [-0.2, -0.15) is 0 Å². The maximum absolute atomic E-state index is 13.7. The normalized spacial score (nSPS) is 31.5. The molecule has 0 radical (unpaired) electrons. The monoisotopic (exact) mass is 255 g/mol. The van der Waals surface area contributed by atoms with Gasteiger partial charge in [-0.15, -0.1) is 0 Å². The van der Waals surface area contributed by atoms with E-state index in [1.54, 1.807) is 12.1 Å². The Bertz CT molecular complexity index is 410. The van der Waals surface area contributed by atoms with Crippen LogP contribution in [-0.2, 0) is 0 Å². The van der Waals surface area contributed by atoms with Crippen LogP contribution in [0.1, 0.15) is 12.8 Å². The Morgan fingerprint density at radius 3 is 2.59 bits per heavy atom. The zero-order valence-electron chi connectivity index (χ0n) is 9.46. The lowest BCUT2D eigenvalue weighted by molar-refractivity contribution is 0.0890. The minimum Gasteiger partial charge on any atom is -0.487 e. The number of rotatable bonds is 2. The van der Waals surface area contributed by atoms with E-state index < -0.39 is 0 Å². The van der Waals surface area contributed by atoms with Crippen LogP contribution in [0.3, 0.4) is 0 Å². The van der Waals surface area contributed by atoms with Crippen LogP contribution in [0.5, 0.6) is 5.75 Å². The number of hydrogen-bond acceptors (Lipinski definition) is 2. The highest BCUT2D eigenvalue weighted by Crippen LogP contribution is 2.37. The van der Waals surface area contributed by atoms with E-state index in [1.807, 2.05) is 0 Å². The van der Waals surface area contributed by atoms with Crippen LogP contribution in [0.25, 0.3) is 0 Å².